The summed E-state index contributed by atoms with van der Waals surface area (Å²) in [5.41, 5.74) is 0.563. The number of carbonyl (C=O) groups is 1. The molecule has 0 unspecified atom stereocenters. The van der Waals surface area contributed by atoms with E-state index < -0.39 is 5.97 Å². The molecule has 0 aliphatic carbocycles. The molecule has 1 rings (SSSR count). The fraction of sp³-hybridized carbons (Fsp3) is 0.222. The van der Waals surface area contributed by atoms with Gasteiger partial charge in [0, 0.05) is 6.20 Å². The Labute approximate surface area is 76.0 Å². The Bertz CT molecular complexity index is 355. The molecule has 0 spiro atoms. The van der Waals surface area contributed by atoms with Gasteiger partial charge in [0.05, 0.1) is 13.2 Å². The van der Waals surface area contributed by atoms with E-state index in [1.165, 1.54) is 18.3 Å². The fourth-order valence-electron chi connectivity index (χ4n) is 0.806. The van der Waals surface area contributed by atoms with Crippen LogP contribution in [0.25, 0.3) is 4.85 Å². The molecular formula is C9H8N2O2. The van der Waals surface area contributed by atoms with Gasteiger partial charge in [-0.25, -0.2) is 9.64 Å². The largest absolute Gasteiger partial charge is 0.461 e. The molecule has 0 aliphatic heterocycles. The molecule has 1 aromatic rings. The quantitative estimate of drug-likeness (QED) is 0.509. The van der Waals surface area contributed by atoms with Gasteiger partial charge in [-0.15, -0.1) is 0 Å². The molecule has 66 valence electrons. The first-order chi connectivity index (χ1) is 6.27. The average molecular weight is 176 g/mol. The topological polar surface area (TPSA) is 43.5 Å². The number of aromatic nitrogens is 1. The molecule has 1 aromatic heterocycles. The van der Waals surface area contributed by atoms with Crippen LogP contribution in [-0.2, 0) is 4.74 Å². The number of pyridine rings is 1. The summed E-state index contributed by atoms with van der Waals surface area (Å²) in [5, 5.41) is 0. The molecule has 0 radical (unpaired) electrons. The maximum atomic E-state index is 11.1. The second-order valence-electron chi connectivity index (χ2n) is 2.23. The minimum Gasteiger partial charge on any atom is -0.461 e. The third-order valence-corrected chi connectivity index (χ3v) is 1.36. The van der Waals surface area contributed by atoms with Gasteiger partial charge in [0.1, 0.15) is 5.69 Å². The maximum absolute atomic E-state index is 11.1. The highest BCUT2D eigenvalue weighted by atomic mass is 16.5. The van der Waals surface area contributed by atoms with E-state index in [4.69, 9.17) is 11.3 Å². The molecule has 0 amide bonds. The van der Waals surface area contributed by atoms with Gasteiger partial charge < -0.3 is 4.74 Å². The van der Waals surface area contributed by atoms with Crippen LogP contribution in [0.15, 0.2) is 18.3 Å². The van der Waals surface area contributed by atoms with Gasteiger partial charge in [0.15, 0.2) is 5.69 Å². The van der Waals surface area contributed by atoms with E-state index in [0.717, 1.165) is 0 Å². The van der Waals surface area contributed by atoms with Gasteiger partial charge >= 0.3 is 5.97 Å². The third kappa shape index (κ3) is 2.27. The van der Waals surface area contributed by atoms with Crippen molar-refractivity contribution in [2.45, 2.75) is 6.92 Å². The molecule has 0 bridgehead atoms. The molecule has 4 nitrogen and oxygen atoms in total. The molecule has 0 N–H and O–H groups in total. The van der Waals surface area contributed by atoms with E-state index in [-0.39, 0.29) is 5.69 Å². The molecular weight excluding hydrogens is 168 g/mol. The van der Waals surface area contributed by atoms with E-state index in [1.54, 1.807) is 6.92 Å². The summed E-state index contributed by atoms with van der Waals surface area (Å²) in [7, 11) is 0. The minimum absolute atomic E-state index is 0.176. The summed E-state index contributed by atoms with van der Waals surface area (Å²) in [5.74, 6) is -0.493. The van der Waals surface area contributed by atoms with Crippen LogP contribution in [0.1, 0.15) is 17.4 Å². The second kappa shape index (κ2) is 4.21. The Morgan fingerprint density at radius 3 is 3.15 bits per heavy atom. The normalized spacial score (nSPS) is 8.92. The summed E-state index contributed by atoms with van der Waals surface area (Å²) in [6, 6.07) is 2.95. The van der Waals surface area contributed by atoms with Crippen LogP contribution >= 0.6 is 0 Å². The lowest BCUT2D eigenvalue weighted by Gasteiger charge is -1.99. The van der Waals surface area contributed by atoms with Crippen molar-refractivity contribution in [3.05, 3.63) is 35.4 Å². The molecule has 1 heterocycles. The number of esters is 1. The Morgan fingerprint density at radius 2 is 2.54 bits per heavy atom. The van der Waals surface area contributed by atoms with E-state index in [2.05, 4.69) is 9.83 Å². The van der Waals surface area contributed by atoms with E-state index >= 15 is 0 Å². The van der Waals surface area contributed by atoms with Gasteiger partial charge in [-0.3, -0.25) is 4.98 Å². The molecule has 0 aromatic carbocycles. The zero-order valence-electron chi connectivity index (χ0n) is 7.15. The van der Waals surface area contributed by atoms with Crippen molar-refractivity contribution >= 4 is 11.7 Å². The molecule has 4 heteroatoms. The van der Waals surface area contributed by atoms with Crippen molar-refractivity contribution in [3.63, 3.8) is 0 Å². The number of carbonyl (C=O) groups excluding carboxylic acids is 1. The van der Waals surface area contributed by atoms with Crippen molar-refractivity contribution in [1.82, 2.24) is 4.98 Å². The minimum atomic E-state index is -0.493. The van der Waals surface area contributed by atoms with Crippen molar-refractivity contribution < 1.29 is 9.53 Å². The molecule has 0 atom stereocenters. The monoisotopic (exact) mass is 176 g/mol. The molecule has 0 aliphatic rings. The van der Waals surface area contributed by atoms with Crippen LogP contribution < -0.4 is 0 Å². The summed E-state index contributed by atoms with van der Waals surface area (Å²) in [4.78, 5) is 18.1. The Morgan fingerprint density at radius 1 is 1.77 bits per heavy atom. The SMILES string of the molecule is [C-]#[N+]c1ccnc(C(=O)OCC)c1. The molecule has 0 fully saturated rings. The van der Waals surface area contributed by atoms with Gasteiger partial charge in [-0.1, -0.05) is 0 Å². The van der Waals surface area contributed by atoms with Crippen molar-refractivity contribution in [2.24, 2.45) is 0 Å². The predicted octanol–water partition coefficient (Wildman–Crippen LogP) is 1.81. The predicted molar refractivity (Wildman–Crippen MR) is 46.5 cm³/mol. The summed E-state index contributed by atoms with van der Waals surface area (Å²) >= 11 is 0. The van der Waals surface area contributed by atoms with Crippen LogP contribution in [-0.4, -0.2) is 17.6 Å². The molecule has 0 saturated heterocycles. The fourth-order valence-corrected chi connectivity index (χ4v) is 0.806. The van der Waals surface area contributed by atoms with Crippen LogP contribution in [0.2, 0.25) is 0 Å². The zero-order valence-corrected chi connectivity index (χ0v) is 7.15. The van der Waals surface area contributed by atoms with Gasteiger partial charge in [-0.05, 0) is 19.1 Å². The standard InChI is InChI=1S/C9H8N2O2/c1-3-13-9(12)8-6-7(10-2)4-5-11-8/h4-6H,3H2,1H3. The lowest BCUT2D eigenvalue weighted by molar-refractivity contribution is 0.0519. The second-order valence-corrected chi connectivity index (χ2v) is 2.23. The highest BCUT2D eigenvalue weighted by molar-refractivity contribution is 5.88. The van der Waals surface area contributed by atoms with Gasteiger partial charge in [0.25, 0.3) is 0 Å². The van der Waals surface area contributed by atoms with Gasteiger partial charge in [0.2, 0.25) is 0 Å². The van der Waals surface area contributed by atoms with Crippen LogP contribution in [0, 0.1) is 6.57 Å². The Kier molecular flexibility index (Phi) is 2.98. The number of rotatable bonds is 2. The zero-order chi connectivity index (χ0) is 9.68. The lowest BCUT2D eigenvalue weighted by atomic mass is 10.3. The van der Waals surface area contributed by atoms with E-state index in [1.807, 2.05) is 0 Å². The Balaban J connectivity index is 2.90. The third-order valence-electron chi connectivity index (χ3n) is 1.36. The lowest BCUT2D eigenvalue weighted by Crippen LogP contribution is -2.06. The van der Waals surface area contributed by atoms with E-state index in [0.29, 0.717) is 12.3 Å². The highest BCUT2D eigenvalue weighted by Crippen LogP contribution is 2.11. The van der Waals surface area contributed by atoms with Crippen LogP contribution in [0.4, 0.5) is 5.69 Å². The maximum Gasteiger partial charge on any atom is 0.355 e. The van der Waals surface area contributed by atoms with Crippen molar-refractivity contribution in [3.8, 4) is 0 Å². The highest BCUT2D eigenvalue weighted by Gasteiger charge is 2.07. The smallest absolute Gasteiger partial charge is 0.355 e. The number of nitrogens with zero attached hydrogens (tertiary/aromatic N) is 2. The average Bonchev–Trinajstić information content (AvgIpc) is 2.18. The van der Waals surface area contributed by atoms with Crippen LogP contribution in [0.5, 0.6) is 0 Å². The number of ether oxygens (including phenoxy) is 1. The number of hydrogen-bond donors (Lipinski definition) is 0. The number of hydrogen-bond acceptors (Lipinski definition) is 3. The summed E-state index contributed by atoms with van der Waals surface area (Å²) < 4.78 is 4.72. The molecule has 0 saturated carbocycles. The van der Waals surface area contributed by atoms with E-state index in [9.17, 15) is 4.79 Å². The van der Waals surface area contributed by atoms with Crippen molar-refractivity contribution in [2.75, 3.05) is 6.61 Å². The first kappa shape index (κ1) is 9.20. The van der Waals surface area contributed by atoms with Crippen LogP contribution in [0.3, 0.4) is 0 Å². The Hall–Kier alpha value is -1.89. The molecule has 13 heavy (non-hydrogen) atoms. The summed E-state index contributed by atoms with van der Waals surface area (Å²) in [6.45, 7) is 8.76. The van der Waals surface area contributed by atoms with Crippen molar-refractivity contribution in [1.29, 1.82) is 0 Å². The van der Waals surface area contributed by atoms with Gasteiger partial charge in [-0.2, -0.15) is 0 Å². The first-order valence-corrected chi connectivity index (χ1v) is 3.78. The first-order valence-electron chi connectivity index (χ1n) is 3.78. The summed E-state index contributed by atoms with van der Waals surface area (Å²) in [6.07, 6.45) is 1.42.